The molecule has 0 spiro atoms. The van der Waals surface area contributed by atoms with E-state index in [-0.39, 0.29) is 5.56 Å². The molecule has 0 unspecified atom stereocenters. The van der Waals surface area contributed by atoms with Crippen molar-refractivity contribution in [3.63, 3.8) is 0 Å². The first-order valence-electron chi connectivity index (χ1n) is 7.27. The molecule has 0 radical (unpaired) electrons. The maximum Gasteiger partial charge on any atom is 0.335 e. The van der Waals surface area contributed by atoms with E-state index in [2.05, 4.69) is 15.3 Å². The number of nitrogens with zero attached hydrogens (tertiary/aromatic N) is 4. The van der Waals surface area contributed by atoms with Crippen LogP contribution < -0.4 is 0 Å². The average Bonchev–Trinajstić information content (AvgIpc) is 3.07. The summed E-state index contributed by atoms with van der Waals surface area (Å²) < 4.78 is 1.58. The van der Waals surface area contributed by atoms with E-state index >= 15 is 0 Å². The summed E-state index contributed by atoms with van der Waals surface area (Å²) in [4.78, 5) is 10.8. The highest BCUT2D eigenvalue weighted by atomic mass is 35.5. The number of carboxylic acids is 1. The zero-order valence-corrected chi connectivity index (χ0v) is 14.5. The molecule has 0 aliphatic carbocycles. The van der Waals surface area contributed by atoms with Crippen molar-refractivity contribution in [2.24, 2.45) is 5.10 Å². The van der Waals surface area contributed by atoms with Gasteiger partial charge in [0.15, 0.2) is 0 Å². The van der Waals surface area contributed by atoms with Crippen LogP contribution in [-0.4, -0.2) is 32.2 Å². The molecule has 0 atom stereocenters. The number of carboxylic acid groups (broad SMARTS) is 1. The highest BCUT2D eigenvalue weighted by molar-refractivity contribution is 7.98. The molecule has 0 aliphatic rings. The van der Waals surface area contributed by atoms with Crippen molar-refractivity contribution in [2.45, 2.75) is 10.9 Å². The van der Waals surface area contributed by atoms with E-state index < -0.39 is 5.97 Å². The van der Waals surface area contributed by atoms with Gasteiger partial charge in [0.1, 0.15) is 6.33 Å². The minimum atomic E-state index is -0.955. The van der Waals surface area contributed by atoms with Crippen LogP contribution in [0.2, 0.25) is 5.02 Å². The molecule has 0 aliphatic heterocycles. The van der Waals surface area contributed by atoms with Gasteiger partial charge in [-0.25, -0.2) is 4.79 Å². The average molecular weight is 373 g/mol. The lowest BCUT2D eigenvalue weighted by molar-refractivity contribution is 0.0697. The third-order valence-corrected chi connectivity index (χ3v) is 4.53. The predicted octanol–water partition coefficient (Wildman–Crippen LogP) is 3.80. The van der Waals surface area contributed by atoms with Gasteiger partial charge in [-0.2, -0.15) is 9.78 Å². The summed E-state index contributed by atoms with van der Waals surface area (Å²) >= 11 is 7.39. The van der Waals surface area contributed by atoms with Gasteiger partial charge in [-0.05, 0) is 35.4 Å². The number of hydrogen-bond donors (Lipinski definition) is 1. The number of thioether (sulfide) groups is 1. The molecule has 0 amide bonds. The van der Waals surface area contributed by atoms with Crippen LogP contribution in [0.4, 0.5) is 0 Å². The fourth-order valence-electron chi connectivity index (χ4n) is 1.96. The maximum absolute atomic E-state index is 10.8. The Bertz CT molecular complexity index is 892. The molecule has 1 heterocycles. The molecule has 3 rings (SSSR count). The number of rotatable bonds is 6. The van der Waals surface area contributed by atoms with Crippen molar-refractivity contribution in [3.05, 3.63) is 76.6 Å². The van der Waals surface area contributed by atoms with Gasteiger partial charge in [-0.15, -0.1) is 10.2 Å². The Kier molecular flexibility index (Phi) is 5.47. The second-order valence-electron chi connectivity index (χ2n) is 5.04. The van der Waals surface area contributed by atoms with E-state index in [1.807, 2.05) is 24.3 Å². The lowest BCUT2D eigenvalue weighted by atomic mass is 10.1. The molecule has 25 heavy (non-hydrogen) atoms. The van der Waals surface area contributed by atoms with Gasteiger partial charge in [0.05, 0.1) is 11.8 Å². The van der Waals surface area contributed by atoms with E-state index in [0.29, 0.717) is 10.2 Å². The summed E-state index contributed by atoms with van der Waals surface area (Å²) in [6, 6.07) is 14.1. The molecule has 0 saturated heterocycles. The Labute approximate surface area is 153 Å². The first-order valence-corrected chi connectivity index (χ1v) is 8.63. The number of halogens is 1. The van der Waals surface area contributed by atoms with Crippen molar-refractivity contribution < 1.29 is 9.90 Å². The molecule has 2 aromatic carbocycles. The Morgan fingerprint density at radius 2 is 1.92 bits per heavy atom. The summed E-state index contributed by atoms with van der Waals surface area (Å²) in [7, 11) is 0. The second-order valence-corrected chi connectivity index (χ2v) is 6.42. The number of benzene rings is 2. The number of aromatic nitrogens is 3. The van der Waals surface area contributed by atoms with E-state index in [9.17, 15) is 4.79 Å². The van der Waals surface area contributed by atoms with Crippen molar-refractivity contribution in [1.82, 2.24) is 14.9 Å². The second kappa shape index (κ2) is 7.96. The smallest absolute Gasteiger partial charge is 0.335 e. The zero-order valence-electron chi connectivity index (χ0n) is 12.9. The van der Waals surface area contributed by atoms with Crippen LogP contribution in [0.25, 0.3) is 0 Å². The highest BCUT2D eigenvalue weighted by Crippen LogP contribution is 2.21. The number of carbonyl (C=O) groups is 1. The van der Waals surface area contributed by atoms with Gasteiger partial charge in [-0.1, -0.05) is 47.6 Å². The lowest BCUT2D eigenvalue weighted by Crippen LogP contribution is -1.96. The van der Waals surface area contributed by atoms with Gasteiger partial charge in [0.2, 0.25) is 5.16 Å². The monoisotopic (exact) mass is 372 g/mol. The fourth-order valence-corrected chi connectivity index (χ4v) is 2.91. The zero-order chi connectivity index (χ0) is 17.6. The standard InChI is InChI=1S/C17H13ClN4O2S/c18-15-7-3-13(4-8-15)10-25-17-21-19-11-22(17)20-9-12-1-5-14(6-2-12)16(23)24/h1-9,11H,10H2,(H,23,24). The van der Waals surface area contributed by atoms with E-state index in [4.69, 9.17) is 16.7 Å². The van der Waals surface area contributed by atoms with Crippen LogP contribution in [0.15, 0.2) is 65.1 Å². The minimum absolute atomic E-state index is 0.237. The van der Waals surface area contributed by atoms with Crippen LogP contribution in [0.3, 0.4) is 0 Å². The van der Waals surface area contributed by atoms with Crippen LogP contribution >= 0.6 is 23.4 Å². The van der Waals surface area contributed by atoms with E-state index in [1.165, 1.54) is 30.2 Å². The molecule has 0 bridgehead atoms. The van der Waals surface area contributed by atoms with Gasteiger partial charge < -0.3 is 5.11 Å². The SMILES string of the molecule is O=C(O)c1ccc(C=Nn2cnnc2SCc2ccc(Cl)cc2)cc1. The first-order chi connectivity index (χ1) is 12.1. The Morgan fingerprint density at radius 1 is 1.20 bits per heavy atom. The normalized spacial score (nSPS) is 11.1. The third kappa shape index (κ3) is 4.68. The molecule has 1 aromatic heterocycles. The summed E-state index contributed by atoms with van der Waals surface area (Å²) in [5.41, 5.74) is 2.14. The molecular weight excluding hydrogens is 360 g/mol. The quantitative estimate of drug-likeness (QED) is 0.525. The summed E-state index contributed by atoms with van der Waals surface area (Å²) in [6.07, 6.45) is 3.15. The van der Waals surface area contributed by atoms with Crippen molar-refractivity contribution in [3.8, 4) is 0 Å². The van der Waals surface area contributed by atoms with Gasteiger partial charge in [0.25, 0.3) is 0 Å². The van der Waals surface area contributed by atoms with Crippen LogP contribution in [-0.2, 0) is 5.75 Å². The van der Waals surface area contributed by atoms with Gasteiger partial charge >= 0.3 is 5.97 Å². The molecule has 6 nitrogen and oxygen atoms in total. The van der Waals surface area contributed by atoms with Crippen LogP contribution in [0.5, 0.6) is 0 Å². The molecular formula is C17H13ClN4O2S. The molecule has 0 fully saturated rings. The predicted molar refractivity (Wildman–Crippen MR) is 97.4 cm³/mol. The molecule has 8 heteroatoms. The van der Waals surface area contributed by atoms with Crippen LogP contribution in [0.1, 0.15) is 21.5 Å². The van der Waals surface area contributed by atoms with Crippen LogP contribution in [0, 0.1) is 0 Å². The maximum atomic E-state index is 10.8. The summed E-state index contributed by atoms with van der Waals surface area (Å²) in [6.45, 7) is 0. The lowest BCUT2D eigenvalue weighted by Gasteiger charge is -2.02. The molecule has 0 saturated carbocycles. The van der Waals surface area contributed by atoms with E-state index in [0.717, 1.165) is 16.9 Å². The Hall–Kier alpha value is -2.64. The Balaban J connectivity index is 1.66. The minimum Gasteiger partial charge on any atom is -0.478 e. The molecule has 126 valence electrons. The first kappa shape index (κ1) is 17.2. The third-order valence-electron chi connectivity index (χ3n) is 3.27. The van der Waals surface area contributed by atoms with Gasteiger partial charge in [-0.3, -0.25) is 0 Å². The van der Waals surface area contributed by atoms with Crippen molar-refractivity contribution >= 4 is 35.5 Å². The van der Waals surface area contributed by atoms with E-state index in [1.54, 1.807) is 23.0 Å². The topological polar surface area (TPSA) is 80.4 Å². The molecule has 3 aromatic rings. The summed E-state index contributed by atoms with van der Waals surface area (Å²) in [5.74, 6) is -0.234. The van der Waals surface area contributed by atoms with Crippen molar-refractivity contribution in [1.29, 1.82) is 0 Å². The van der Waals surface area contributed by atoms with Gasteiger partial charge in [0, 0.05) is 10.8 Å². The van der Waals surface area contributed by atoms with Crippen molar-refractivity contribution in [2.75, 3.05) is 0 Å². The summed E-state index contributed by atoms with van der Waals surface area (Å²) in [5, 5.41) is 22.5. The number of aromatic carboxylic acids is 1. The highest BCUT2D eigenvalue weighted by Gasteiger charge is 2.05. The fraction of sp³-hybridized carbons (Fsp3) is 0.0588. The largest absolute Gasteiger partial charge is 0.478 e. The Morgan fingerprint density at radius 3 is 2.60 bits per heavy atom. The number of hydrogen-bond acceptors (Lipinski definition) is 5. The molecule has 1 N–H and O–H groups in total.